The summed E-state index contributed by atoms with van der Waals surface area (Å²) in [6.07, 6.45) is 3.54. The number of benzene rings is 1. The van der Waals surface area contributed by atoms with Crippen LogP contribution >= 0.6 is 0 Å². The molecular formula is C13H14N2O. The first kappa shape index (κ1) is 10.5. The van der Waals surface area contributed by atoms with E-state index in [4.69, 9.17) is 10.5 Å². The number of nitrogen functional groups attached to an aromatic ring is 1. The fourth-order valence-electron chi connectivity index (χ4n) is 1.42. The largest absolute Gasteiger partial charge is 0.488 e. The number of anilines is 1. The van der Waals surface area contributed by atoms with E-state index < -0.39 is 0 Å². The molecule has 0 unspecified atom stereocenters. The van der Waals surface area contributed by atoms with E-state index in [0.717, 1.165) is 16.9 Å². The van der Waals surface area contributed by atoms with Crippen LogP contribution in [0.3, 0.4) is 0 Å². The maximum absolute atomic E-state index is 5.70. The van der Waals surface area contributed by atoms with Gasteiger partial charge in [-0.1, -0.05) is 12.1 Å². The van der Waals surface area contributed by atoms with Crippen molar-refractivity contribution in [1.29, 1.82) is 0 Å². The van der Waals surface area contributed by atoms with Crippen LogP contribution in [0.1, 0.15) is 11.1 Å². The third-order valence-corrected chi connectivity index (χ3v) is 2.33. The maximum Gasteiger partial charge on any atom is 0.124 e. The van der Waals surface area contributed by atoms with Crippen molar-refractivity contribution in [3.63, 3.8) is 0 Å². The van der Waals surface area contributed by atoms with Crippen LogP contribution in [-0.2, 0) is 6.61 Å². The zero-order chi connectivity index (χ0) is 11.4. The molecule has 16 heavy (non-hydrogen) atoms. The highest BCUT2D eigenvalue weighted by Gasteiger charge is 2.00. The molecule has 0 spiro atoms. The standard InChI is InChI=1S/C13H14N2O/c1-10-4-5-12(14)7-13(10)16-9-11-3-2-6-15-8-11/h2-8H,9,14H2,1H3. The highest BCUT2D eigenvalue weighted by molar-refractivity contribution is 5.47. The van der Waals surface area contributed by atoms with E-state index in [9.17, 15) is 0 Å². The van der Waals surface area contributed by atoms with Crippen molar-refractivity contribution in [2.24, 2.45) is 0 Å². The molecule has 0 aliphatic heterocycles. The van der Waals surface area contributed by atoms with Crippen LogP contribution in [0.4, 0.5) is 5.69 Å². The lowest BCUT2D eigenvalue weighted by atomic mass is 10.2. The predicted molar refractivity (Wildman–Crippen MR) is 64.2 cm³/mol. The SMILES string of the molecule is Cc1ccc(N)cc1OCc1cccnc1. The normalized spacial score (nSPS) is 10.1. The molecule has 0 saturated carbocycles. The number of aryl methyl sites for hydroxylation is 1. The van der Waals surface area contributed by atoms with Crippen LogP contribution in [-0.4, -0.2) is 4.98 Å². The van der Waals surface area contributed by atoms with Gasteiger partial charge in [-0.05, 0) is 24.6 Å². The molecule has 82 valence electrons. The number of ether oxygens (including phenoxy) is 1. The Labute approximate surface area is 94.9 Å². The molecule has 0 atom stereocenters. The molecule has 0 aliphatic rings. The molecule has 2 aromatic rings. The van der Waals surface area contributed by atoms with Gasteiger partial charge in [-0.15, -0.1) is 0 Å². The lowest BCUT2D eigenvalue weighted by molar-refractivity contribution is 0.304. The van der Waals surface area contributed by atoms with Gasteiger partial charge in [0, 0.05) is 29.7 Å². The topological polar surface area (TPSA) is 48.1 Å². The molecule has 1 heterocycles. The summed E-state index contributed by atoms with van der Waals surface area (Å²) in [5, 5.41) is 0. The Hall–Kier alpha value is -2.03. The van der Waals surface area contributed by atoms with Gasteiger partial charge in [0.25, 0.3) is 0 Å². The molecule has 0 radical (unpaired) electrons. The summed E-state index contributed by atoms with van der Waals surface area (Å²) in [6.45, 7) is 2.51. The summed E-state index contributed by atoms with van der Waals surface area (Å²) in [7, 11) is 0. The van der Waals surface area contributed by atoms with Gasteiger partial charge in [0.05, 0.1) is 0 Å². The number of rotatable bonds is 3. The first-order chi connectivity index (χ1) is 7.75. The number of aromatic nitrogens is 1. The average molecular weight is 214 g/mol. The van der Waals surface area contributed by atoms with Gasteiger partial charge in [0.15, 0.2) is 0 Å². The smallest absolute Gasteiger partial charge is 0.124 e. The molecule has 3 heteroatoms. The van der Waals surface area contributed by atoms with Gasteiger partial charge in [0.2, 0.25) is 0 Å². The highest BCUT2D eigenvalue weighted by Crippen LogP contribution is 2.21. The second-order valence-corrected chi connectivity index (χ2v) is 3.67. The number of pyridine rings is 1. The molecule has 0 fully saturated rings. The van der Waals surface area contributed by atoms with Crippen LogP contribution in [0.25, 0.3) is 0 Å². The molecule has 0 aliphatic carbocycles. The fraction of sp³-hybridized carbons (Fsp3) is 0.154. The van der Waals surface area contributed by atoms with E-state index >= 15 is 0 Å². The van der Waals surface area contributed by atoms with Crippen LogP contribution in [0, 0.1) is 6.92 Å². The quantitative estimate of drug-likeness (QED) is 0.799. The van der Waals surface area contributed by atoms with Crippen molar-refractivity contribution in [3.8, 4) is 5.75 Å². The van der Waals surface area contributed by atoms with Crippen LogP contribution < -0.4 is 10.5 Å². The fourth-order valence-corrected chi connectivity index (χ4v) is 1.42. The Kier molecular flexibility index (Phi) is 3.05. The summed E-state index contributed by atoms with van der Waals surface area (Å²) in [4.78, 5) is 4.03. The number of hydrogen-bond donors (Lipinski definition) is 1. The first-order valence-electron chi connectivity index (χ1n) is 5.13. The van der Waals surface area contributed by atoms with E-state index in [1.807, 2.05) is 37.3 Å². The minimum atomic E-state index is 0.512. The number of hydrogen-bond acceptors (Lipinski definition) is 3. The highest BCUT2D eigenvalue weighted by atomic mass is 16.5. The third-order valence-electron chi connectivity index (χ3n) is 2.33. The second-order valence-electron chi connectivity index (χ2n) is 3.67. The Morgan fingerprint density at radius 2 is 2.19 bits per heavy atom. The molecular weight excluding hydrogens is 200 g/mol. The monoisotopic (exact) mass is 214 g/mol. The van der Waals surface area contributed by atoms with E-state index in [1.165, 1.54) is 0 Å². The minimum absolute atomic E-state index is 0.512. The lowest BCUT2D eigenvalue weighted by Gasteiger charge is -2.09. The average Bonchev–Trinajstić information content (AvgIpc) is 2.32. The minimum Gasteiger partial charge on any atom is -0.488 e. The maximum atomic E-state index is 5.70. The van der Waals surface area contributed by atoms with Gasteiger partial charge >= 0.3 is 0 Å². The van der Waals surface area contributed by atoms with Crippen LogP contribution in [0.2, 0.25) is 0 Å². The molecule has 0 saturated heterocycles. The summed E-state index contributed by atoms with van der Waals surface area (Å²) in [6, 6.07) is 9.53. The van der Waals surface area contributed by atoms with Gasteiger partial charge in [-0.25, -0.2) is 0 Å². The molecule has 1 aromatic carbocycles. The zero-order valence-electron chi connectivity index (χ0n) is 9.18. The Bertz CT molecular complexity index is 469. The van der Waals surface area contributed by atoms with Gasteiger partial charge in [-0.3, -0.25) is 4.98 Å². The van der Waals surface area contributed by atoms with E-state index in [-0.39, 0.29) is 0 Å². The van der Waals surface area contributed by atoms with Crippen molar-refractivity contribution in [2.45, 2.75) is 13.5 Å². The van der Waals surface area contributed by atoms with Gasteiger partial charge < -0.3 is 10.5 Å². The number of nitrogens with two attached hydrogens (primary N) is 1. The molecule has 0 bridgehead atoms. The summed E-state index contributed by atoms with van der Waals surface area (Å²) in [5.74, 6) is 0.823. The second kappa shape index (κ2) is 4.66. The predicted octanol–water partition coefficient (Wildman–Crippen LogP) is 2.55. The molecule has 2 N–H and O–H groups in total. The molecule has 0 amide bonds. The molecule has 1 aromatic heterocycles. The summed E-state index contributed by atoms with van der Waals surface area (Å²) in [5.41, 5.74) is 8.55. The van der Waals surface area contributed by atoms with E-state index in [0.29, 0.717) is 12.3 Å². The Morgan fingerprint density at radius 3 is 2.94 bits per heavy atom. The Morgan fingerprint density at radius 1 is 1.31 bits per heavy atom. The van der Waals surface area contributed by atoms with Crippen LogP contribution in [0.15, 0.2) is 42.7 Å². The third kappa shape index (κ3) is 2.51. The number of nitrogens with zero attached hydrogens (tertiary/aromatic N) is 1. The summed E-state index contributed by atoms with van der Waals surface area (Å²) < 4.78 is 5.68. The molecule has 3 nitrogen and oxygen atoms in total. The first-order valence-corrected chi connectivity index (χ1v) is 5.13. The van der Waals surface area contributed by atoms with E-state index in [2.05, 4.69) is 4.98 Å². The van der Waals surface area contributed by atoms with Crippen molar-refractivity contribution >= 4 is 5.69 Å². The zero-order valence-corrected chi connectivity index (χ0v) is 9.18. The van der Waals surface area contributed by atoms with Crippen molar-refractivity contribution < 1.29 is 4.74 Å². The van der Waals surface area contributed by atoms with Gasteiger partial charge in [-0.2, -0.15) is 0 Å². The van der Waals surface area contributed by atoms with Crippen molar-refractivity contribution in [1.82, 2.24) is 4.98 Å². The Balaban J connectivity index is 2.08. The van der Waals surface area contributed by atoms with Crippen LogP contribution in [0.5, 0.6) is 5.75 Å². The van der Waals surface area contributed by atoms with Gasteiger partial charge in [0.1, 0.15) is 12.4 Å². The summed E-state index contributed by atoms with van der Waals surface area (Å²) >= 11 is 0. The van der Waals surface area contributed by atoms with E-state index in [1.54, 1.807) is 12.4 Å². The lowest BCUT2D eigenvalue weighted by Crippen LogP contribution is -1.98. The molecule has 2 rings (SSSR count). The van der Waals surface area contributed by atoms with Crippen molar-refractivity contribution in [3.05, 3.63) is 53.9 Å². The van der Waals surface area contributed by atoms with Crippen molar-refractivity contribution in [2.75, 3.05) is 5.73 Å².